The third-order valence-corrected chi connectivity index (χ3v) is 4.58. The Morgan fingerprint density at radius 3 is 1.90 bits per heavy atom. The van der Waals surface area contributed by atoms with Gasteiger partial charge in [0.05, 0.1) is 0 Å². The van der Waals surface area contributed by atoms with Crippen molar-refractivity contribution in [1.82, 2.24) is 10.2 Å². The van der Waals surface area contributed by atoms with Crippen molar-refractivity contribution in [1.29, 1.82) is 0 Å². The lowest BCUT2D eigenvalue weighted by atomic mass is 10.2. The van der Waals surface area contributed by atoms with E-state index in [0.717, 1.165) is 0 Å². The summed E-state index contributed by atoms with van der Waals surface area (Å²) in [7, 11) is -6.39. The van der Waals surface area contributed by atoms with Gasteiger partial charge in [0.25, 0.3) is 0 Å². The first kappa shape index (κ1) is 27.0. The van der Waals surface area contributed by atoms with E-state index in [1.807, 2.05) is 0 Å². The van der Waals surface area contributed by atoms with Crippen molar-refractivity contribution in [3.63, 3.8) is 0 Å². The summed E-state index contributed by atoms with van der Waals surface area (Å²) in [5.74, 6) is -10.4. The lowest BCUT2D eigenvalue weighted by Gasteiger charge is -2.38. The van der Waals surface area contributed by atoms with Crippen LogP contribution in [0.1, 0.15) is 0 Å². The van der Waals surface area contributed by atoms with Crippen molar-refractivity contribution in [2.45, 2.75) is 23.4 Å². The number of carbonyl (C=O) groups is 2. The van der Waals surface area contributed by atoms with Gasteiger partial charge in [0.1, 0.15) is 12.2 Å². The predicted octanol–water partition coefficient (Wildman–Crippen LogP) is 0.836. The molecule has 1 rings (SSSR count). The molecule has 0 saturated carbocycles. The molecule has 2 N–H and O–H groups in total. The van der Waals surface area contributed by atoms with Crippen LogP contribution in [0.3, 0.4) is 0 Å². The summed E-state index contributed by atoms with van der Waals surface area (Å²) in [6.45, 7) is -2.08. The van der Waals surface area contributed by atoms with Gasteiger partial charge in [-0.3, -0.25) is 9.35 Å². The lowest BCUT2D eigenvalue weighted by molar-refractivity contribution is -0.356. The molecule has 0 aliphatic carbocycles. The molecule has 1 heterocycles. The Labute approximate surface area is 168 Å². The molecule has 1 amide bonds. The van der Waals surface area contributed by atoms with Crippen LogP contribution in [-0.2, 0) is 29.2 Å². The highest BCUT2D eigenvalue weighted by molar-refractivity contribution is 7.86. The van der Waals surface area contributed by atoms with Crippen LogP contribution in [0.25, 0.3) is 0 Å². The molecule has 31 heavy (non-hydrogen) atoms. The molecular weight excluding hydrogens is 480 g/mol. The second kappa shape index (κ2) is 8.83. The summed E-state index contributed by atoms with van der Waals surface area (Å²) >= 11 is 0. The van der Waals surface area contributed by atoms with Crippen molar-refractivity contribution in [3.8, 4) is 0 Å². The van der Waals surface area contributed by atoms with Gasteiger partial charge in [-0.05, 0) is 0 Å². The number of hydrogen-bond acceptors (Lipinski definition) is 7. The zero-order chi connectivity index (χ0) is 24.5. The Balaban J connectivity index is 3.49. The van der Waals surface area contributed by atoms with E-state index in [9.17, 15) is 53.1 Å². The highest BCUT2D eigenvalue weighted by Gasteiger charge is 2.69. The standard InChI is InChI=1S/C13H14F8N2O7S/c1-7(12(16,17)18)8(24)30-11(13(19,20)21,9(25)23-4-2-22-3-5-23)29-6-10(14,15)31(26,27)28/h22H,1-6H2,(H,26,27,28). The number of amides is 1. The average Bonchev–Trinajstić information content (AvgIpc) is 2.61. The molecule has 180 valence electrons. The molecule has 1 atom stereocenters. The number of rotatable bonds is 7. The summed E-state index contributed by atoms with van der Waals surface area (Å²) in [6.07, 6.45) is -11.9. The van der Waals surface area contributed by atoms with Gasteiger partial charge in [-0.1, -0.05) is 6.58 Å². The molecule has 0 spiro atoms. The fraction of sp³-hybridized carbons (Fsp3) is 0.692. The molecule has 0 radical (unpaired) electrons. The van der Waals surface area contributed by atoms with E-state index in [1.165, 1.54) is 0 Å². The number of nitrogens with zero attached hydrogens (tertiary/aromatic N) is 1. The van der Waals surface area contributed by atoms with Gasteiger partial charge in [-0.25, -0.2) is 4.79 Å². The Bertz CT molecular complexity index is 821. The van der Waals surface area contributed by atoms with Crippen molar-refractivity contribution < 1.29 is 67.2 Å². The second-order valence-corrected chi connectivity index (χ2v) is 7.47. The molecule has 0 aromatic heterocycles. The van der Waals surface area contributed by atoms with E-state index in [0.29, 0.717) is 0 Å². The molecule has 0 aromatic carbocycles. The van der Waals surface area contributed by atoms with E-state index in [1.54, 1.807) is 0 Å². The first-order chi connectivity index (χ1) is 13.8. The Hall–Kier alpha value is -2.05. The van der Waals surface area contributed by atoms with Crippen LogP contribution in [-0.4, -0.2) is 85.9 Å². The fourth-order valence-corrected chi connectivity index (χ4v) is 2.25. The molecule has 9 nitrogen and oxygen atoms in total. The van der Waals surface area contributed by atoms with Crippen molar-refractivity contribution in [2.75, 3.05) is 32.8 Å². The molecule has 1 unspecified atom stereocenters. The van der Waals surface area contributed by atoms with E-state index in [-0.39, 0.29) is 18.0 Å². The zero-order valence-electron chi connectivity index (χ0n) is 15.0. The average molecular weight is 494 g/mol. The summed E-state index contributed by atoms with van der Waals surface area (Å²) in [4.78, 5) is 24.3. The van der Waals surface area contributed by atoms with Crippen molar-refractivity contribution in [3.05, 3.63) is 12.2 Å². The maximum atomic E-state index is 13.7. The monoisotopic (exact) mass is 494 g/mol. The van der Waals surface area contributed by atoms with Crippen molar-refractivity contribution >= 4 is 22.0 Å². The Kier molecular flexibility index (Phi) is 7.69. The number of ether oxygens (including phenoxy) is 2. The molecule has 1 saturated heterocycles. The molecular formula is C13H14F8N2O7S. The fourth-order valence-electron chi connectivity index (χ4n) is 2.04. The number of esters is 1. The van der Waals surface area contributed by atoms with Crippen LogP contribution >= 0.6 is 0 Å². The topological polar surface area (TPSA) is 122 Å². The molecule has 18 heteroatoms. The van der Waals surface area contributed by atoms with E-state index in [2.05, 4.69) is 21.4 Å². The Morgan fingerprint density at radius 2 is 1.52 bits per heavy atom. The minimum atomic E-state index is -6.39. The van der Waals surface area contributed by atoms with E-state index in [4.69, 9.17) is 4.55 Å². The number of hydrogen-bond donors (Lipinski definition) is 2. The number of nitrogens with one attached hydrogen (secondary N) is 1. The maximum Gasteiger partial charge on any atom is 0.466 e. The van der Waals surface area contributed by atoms with Crippen LogP contribution in [0, 0.1) is 0 Å². The van der Waals surface area contributed by atoms with Crippen molar-refractivity contribution in [2.24, 2.45) is 0 Å². The Morgan fingerprint density at radius 1 is 1.03 bits per heavy atom. The highest BCUT2D eigenvalue weighted by Crippen LogP contribution is 2.40. The largest absolute Gasteiger partial charge is 0.466 e. The van der Waals surface area contributed by atoms with Crippen LogP contribution in [0.5, 0.6) is 0 Å². The summed E-state index contributed by atoms with van der Waals surface area (Å²) in [5.41, 5.74) is -2.54. The predicted molar refractivity (Wildman–Crippen MR) is 82.0 cm³/mol. The second-order valence-electron chi connectivity index (χ2n) is 5.92. The van der Waals surface area contributed by atoms with Gasteiger partial charge in [-0.15, -0.1) is 0 Å². The normalized spacial score (nSPS) is 18.3. The number of piperazine rings is 1. The van der Waals surface area contributed by atoms with Gasteiger partial charge < -0.3 is 19.7 Å². The van der Waals surface area contributed by atoms with Gasteiger partial charge in [0.2, 0.25) is 0 Å². The molecule has 1 fully saturated rings. The number of alkyl halides is 8. The third-order valence-electron chi connectivity index (χ3n) is 3.70. The first-order valence-corrected chi connectivity index (χ1v) is 9.25. The number of carbonyl (C=O) groups excluding carboxylic acids is 2. The number of halogens is 8. The highest BCUT2D eigenvalue weighted by atomic mass is 32.2. The van der Waals surface area contributed by atoms with Gasteiger partial charge in [0.15, 0.2) is 0 Å². The molecule has 0 aromatic rings. The minimum Gasteiger partial charge on any atom is -0.412 e. The summed E-state index contributed by atoms with van der Waals surface area (Å²) in [5, 5.41) is -2.86. The lowest BCUT2D eigenvalue weighted by Crippen LogP contribution is -2.65. The third kappa shape index (κ3) is 6.01. The van der Waals surface area contributed by atoms with Gasteiger partial charge >= 0.3 is 45.4 Å². The molecule has 0 bridgehead atoms. The van der Waals surface area contributed by atoms with Crippen LogP contribution in [0.2, 0.25) is 0 Å². The smallest absolute Gasteiger partial charge is 0.412 e. The zero-order valence-corrected chi connectivity index (χ0v) is 15.8. The molecule has 1 aliphatic heterocycles. The van der Waals surface area contributed by atoms with E-state index >= 15 is 0 Å². The summed E-state index contributed by atoms with van der Waals surface area (Å²) in [6, 6.07) is 0. The van der Waals surface area contributed by atoms with Crippen LogP contribution in [0.4, 0.5) is 35.1 Å². The maximum absolute atomic E-state index is 13.7. The minimum absolute atomic E-state index is 0.135. The van der Waals surface area contributed by atoms with Gasteiger partial charge in [-0.2, -0.15) is 43.5 Å². The summed E-state index contributed by atoms with van der Waals surface area (Å²) < 4.78 is 143. The van der Waals surface area contributed by atoms with Crippen LogP contribution in [0.15, 0.2) is 12.2 Å². The SMILES string of the molecule is C=C(C(=O)OC(OCC(F)(F)S(=O)(=O)O)(C(=O)N1CCNCC1)C(F)(F)F)C(F)(F)F. The molecule has 1 aliphatic rings. The van der Waals surface area contributed by atoms with Crippen LogP contribution < -0.4 is 5.32 Å². The quantitative estimate of drug-likeness (QED) is 0.176. The first-order valence-electron chi connectivity index (χ1n) is 7.81. The van der Waals surface area contributed by atoms with E-state index < -0.39 is 70.7 Å². The van der Waals surface area contributed by atoms with Gasteiger partial charge in [0, 0.05) is 26.2 Å².